The lowest BCUT2D eigenvalue weighted by molar-refractivity contribution is -0.133. The highest BCUT2D eigenvalue weighted by atomic mass is 32.2. The zero-order valence-electron chi connectivity index (χ0n) is 19.0. The topological polar surface area (TPSA) is 113 Å². The van der Waals surface area contributed by atoms with Crippen molar-refractivity contribution < 1.29 is 22.8 Å². The fourth-order valence-electron chi connectivity index (χ4n) is 3.86. The SMILES string of the molecule is CC(=O)Nc1ccc(S(=O)(=O)N[C@@H](C)C(=O)N2CCC(C(=O)c3ccc(C)cc3)CC2)cc1. The lowest BCUT2D eigenvalue weighted by Crippen LogP contribution is -2.49. The molecule has 0 bridgehead atoms. The van der Waals surface area contributed by atoms with Crippen LogP contribution in [0.2, 0.25) is 0 Å². The fourth-order valence-corrected chi connectivity index (χ4v) is 5.06. The number of piperidine rings is 1. The van der Waals surface area contributed by atoms with Crippen molar-refractivity contribution >= 4 is 33.3 Å². The Labute approximate surface area is 194 Å². The van der Waals surface area contributed by atoms with Crippen molar-refractivity contribution in [3.63, 3.8) is 0 Å². The van der Waals surface area contributed by atoms with Gasteiger partial charge in [0.1, 0.15) is 0 Å². The van der Waals surface area contributed by atoms with E-state index in [4.69, 9.17) is 0 Å². The number of anilines is 1. The Morgan fingerprint density at radius 2 is 1.55 bits per heavy atom. The summed E-state index contributed by atoms with van der Waals surface area (Å²) in [6.45, 7) is 5.64. The van der Waals surface area contributed by atoms with Crippen LogP contribution in [0.5, 0.6) is 0 Å². The second-order valence-electron chi connectivity index (χ2n) is 8.38. The Kier molecular flexibility index (Phi) is 7.65. The summed E-state index contributed by atoms with van der Waals surface area (Å²) >= 11 is 0. The third-order valence-corrected chi connectivity index (χ3v) is 7.26. The van der Waals surface area contributed by atoms with Crippen molar-refractivity contribution in [3.8, 4) is 0 Å². The minimum Gasteiger partial charge on any atom is -0.341 e. The van der Waals surface area contributed by atoms with Gasteiger partial charge in [-0.15, -0.1) is 0 Å². The predicted octanol–water partition coefficient (Wildman–Crippen LogP) is 2.74. The first-order valence-corrected chi connectivity index (χ1v) is 12.3. The van der Waals surface area contributed by atoms with Gasteiger partial charge in [-0.25, -0.2) is 8.42 Å². The Morgan fingerprint density at radius 1 is 0.970 bits per heavy atom. The molecule has 2 aromatic rings. The van der Waals surface area contributed by atoms with Gasteiger partial charge in [0.25, 0.3) is 0 Å². The van der Waals surface area contributed by atoms with Gasteiger partial charge < -0.3 is 10.2 Å². The molecule has 3 rings (SSSR count). The van der Waals surface area contributed by atoms with E-state index in [2.05, 4.69) is 10.0 Å². The summed E-state index contributed by atoms with van der Waals surface area (Å²) in [5.41, 5.74) is 2.25. The van der Waals surface area contributed by atoms with E-state index in [0.29, 0.717) is 37.2 Å². The average molecular weight is 472 g/mol. The number of likely N-dealkylation sites (tertiary alicyclic amines) is 1. The van der Waals surface area contributed by atoms with Crippen LogP contribution >= 0.6 is 0 Å². The zero-order valence-corrected chi connectivity index (χ0v) is 19.8. The number of benzene rings is 2. The highest BCUT2D eigenvalue weighted by Crippen LogP contribution is 2.23. The van der Waals surface area contributed by atoms with E-state index in [1.165, 1.54) is 38.1 Å². The van der Waals surface area contributed by atoms with E-state index >= 15 is 0 Å². The lowest BCUT2D eigenvalue weighted by Gasteiger charge is -2.33. The summed E-state index contributed by atoms with van der Waals surface area (Å²) in [6, 6.07) is 12.2. The zero-order chi connectivity index (χ0) is 24.2. The van der Waals surface area contributed by atoms with Crippen LogP contribution in [0.15, 0.2) is 53.4 Å². The predicted molar refractivity (Wildman–Crippen MR) is 125 cm³/mol. The second kappa shape index (κ2) is 10.3. The molecule has 0 aromatic heterocycles. The molecular weight excluding hydrogens is 442 g/mol. The van der Waals surface area contributed by atoms with Gasteiger partial charge in [0, 0.05) is 37.2 Å². The number of ketones is 1. The van der Waals surface area contributed by atoms with Gasteiger partial charge in [0.05, 0.1) is 10.9 Å². The van der Waals surface area contributed by atoms with Gasteiger partial charge in [-0.3, -0.25) is 14.4 Å². The average Bonchev–Trinajstić information content (AvgIpc) is 2.78. The summed E-state index contributed by atoms with van der Waals surface area (Å²) in [6.07, 6.45) is 1.09. The van der Waals surface area contributed by atoms with Crippen LogP contribution in [0.25, 0.3) is 0 Å². The molecule has 2 aromatic carbocycles. The van der Waals surface area contributed by atoms with Crippen LogP contribution in [0.1, 0.15) is 42.6 Å². The molecule has 9 heteroatoms. The maximum absolute atomic E-state index is 12.8. The maximum Gasteiger partial charge on any atom is 0.241 e. The minimum absolute atomic E-state index is 0.00125. The molecule has 33 heavy (non-hydrogen) atoms. The Morgan fingerprint density at radius 3 is 2.09 bits per heavy atom. The molecule has 1 saturated heterocycles. The smallest absolute Gasteiger partial charge is 0.241 e. The molecule has 0 unspecified atom stereocenters. The molecule has 1 aliphatic heterocycles. The van der Waals surface area contributed by atoms with Gasteiger partial charge in [-0.1, -0.05) is 29.8 Å². The molecule has 0 radical (unpaired) electrons. The van der Waals surface area contributed by atoms with Crippen molar-refractivity contribution in [2.75, 3.05) is 18.4 Å². The highest BCUT2D eigenvalue weighted by molar-refractivity contribution is 7.89. The van der Waals surface area contributed by atoms with Crippen LogP contribution in [-0.4, -0.2) is 50.0 Å². The Balaban J connectivity index is 1.56. The molecule has 2 amide bonds. The standard InChI is InChI=1S/C24H29N3O5S/c1-16-4-6-19(7-5-16)23(29)20-12-14-27(15-13-20)24(30)17(2)26-33(31,32)22-10-8-21(9-11-22)25-18(3)28/h4-11,17,20,26H,12-15H2,1-3H3,(H,25,28)/t17-/m0/s1. The van der Waals surface area contributed by atoms with Crippen molar-refractivity contribution in [1.82, 2.24) is 9.62 Å². The normalized spacial score (nSPS) is 15.7. The Hall–Kier alpha value is -3.04. The molecule has 0 aliphatic carbocycles. The number of aryl methyl sites for hydroxylation is 1. The molecule has 0 spiro atoms. The van der Waals surface area contributed by atoms with E-state index in [1.54, 1.807) is 4.90 Å². The summed E-state index contributed by atoms with van der Waals surface area (Å²) in [5, 5.41) is 2.57. The third-order valence-electron chi connectivity index (χ3n) is 5.70. The monoisotopic (exact) mass is 471 g/mol. The first-order chi connectivity index (χ1) is 15.6. The summed E-state index contributed by atoms with van der Waals surface area (Å²) in [7, 11) is -3.92. The van der Waals surface area contributed by atoms with Gasteiger partial charge >= 0.3 is 0 Å². The van der Waals surface area contributed by atoms with E-state index in [1.807, 2.05) is 31.2 Å². The third kappa shape index (κ3) is 6.27. The lowest BCUT2D eigenvalue weighted by atomic mass is 9.88. The number of Topliss-reactive ketones (excluding diaryl/α,β-unsaturated/α-hetero) is 1. The number of sulfonamides is 1. The number of nitrogens with zero attached hydrogens (tertiary/aromatic N) is 1. The molecule has 1 heterocycles. The van der Waals surface area contributed by atoms with E-state index in [0.717, 1.165) is 5.56 Å². The molecule has 2 N–H and O–H groups in total. The van der Waals surface area contributed by atoms with Crippen LogP contribution in [0.3, 0.4) is 0 Å². The van der Waals surface area contributed by atoms with Crippen molar-refractivity contribution in [2.24, 2.45) is 5.92 Å². The maximum atomic E-state index is 12.8. The number of nitrogens with one attached hydrogen (secondary N) is 2. The number of rotatable bonds is 7. The van der Waals surface area contributed by atoms with Gasteiger partial charge in [0.15, 0.2) is 5.78 Å². The number of carbonyl (C=O) groups is 3. The van der Waals surface area contributed by atoms with Crippen molar-refractivity contribution in [2.45, 2.75) is 44.6 Å². The molecule has 0 saturated carbocycles. The first-order valence-electron chi connectivity index (χ1n) is 10.9. The second-order valence-corrected chi connectivity index (χ2v) is 10.1. The molecule has 1 fully saturated rings. The van der Waals surface area contributed by atoms with Crippen LogP contribution in [0, 0.1) is 12.8 Å². The summed E-state index contributed by atoms with van der Waals surface area (Å²) in [5.74, 6) is -0.647. The number of carbonyl (C=O) groups excluding carboxylic acids is 3. The summed E-state index contributed by atoms with van der Waals surface area (Å²) in [4.78, 5) is 38.3. The molecule has 8 nitrogen and oxygen atoms in total. The van der Waals surface area contributed by atoms with Gasteiger partial charge in [-0.05, 0) is 51.0 Å². The van der Waals surface area contributed by atoms with Crippen LogP contribution in [0.4, 0.5) is 5.69 Å². The quantitative estimate of drug-likeness (QED) is 0.603. The van der Waals surface area contributed by atoms with E-state index in [9.17, 15) is 22.8 Å². The number of hydrogen-bond donors (Lipinski definition) is 2. The highest BCUT2D eigenvalue weighted by Gasteiger charge is 2.31. The fraction of sp³-hybridized carbons (Fsp3) is 0.375. The Bertz CT molecular complexity index is 1120. The van der Waals surface area contributed by atoms with Gasteiger partial charge in [-0.2, -0.15) is 4.72 Å². The largest absolute Gasteiger partial charge is 0.341 e. The van der Waals surface area contributed by atoms with Crippen molar-refractivity contribution in [1.29, 1.82) is 0 Å². The van der Waals surface area contributed by atoms with Crippen molar-refractivity contribution in [3.05, 3.63) is 59.7 Å². The first kappa shape index (κ1) is 24.6. The molecule has 1 aliphatic rings. The van der Waals surface area contributed by atoms with Crippen LogP contribution in [-0.2, 0) is 19.6 Å². The molecular formula is C24H29N3O5S. The molecule has 176 valence electrons. The summed E-state index contributed by atoms with van der Waals surface area (Å²) < 4.78 is 27.8. The van der Waals surface area contributed by atoms with Gasteiger partial charge in [0.2, 0.25) is 21.8 Å². The van der Waals surface area contributed by atoms with E-state index < -0.39 is 16.1 Å². The number of hydrogen-bond acceptors (Lipinski definition) is 5. The van der Waals surface area contributed by atoms with E-state index in [-0.39, 0.29) is 28.4 Å². The van der Waals surface area contributed by atoms with Crippen LogP contribution < -0.4 is 10.0 Å². The number of amides is 2. The molecule has 1 atom stereocenters. The minimum atomic E-state index is -3.92.